The number of rotatable bonds is 7. The average molecular weight is 498 g/mol. The van der Waals surface area contributed by atoms with Crippen molar-refractivity contribution >= 4 is 40.1 Å². The highest BCUT2D eigenvalue weighted by molar-refractivity contribution is 7.99. The standard InChI is InChI=1S/C29H31N5OS/c1-34(2)26-19-27(33-25-13-7-6-11-23(25)26)31-20-14-16-21(17-15-20)32-28(35)24-12-8-18-30-29(24)36-22-9-4-3-5-10-22/h3-13,18-21H,14-17H2,1-2H3,(H,31,33)(H,32,35). The molecule has 2 heterocycles. The van der Waals surface area contributed by atoms with E-state index in [1.54, 1.807) is 6.20 Å². The van der Waals surface area contributed by atoms with Crippen LogP contribution in [0.15, 0.2) is 88.9 Å². The molecule has 1 aliphatic rings. The fraction of sp³-hybridized carbons (Fsp3) is 0.276. The lowest BCUT2D eigenvalue weighted by molar-refractivity contribution is 0.0923. The molecule has 0 radical (unpaired) electrons. The van der Waals surface area contributed by atoms with Gasteiger partial charge in [0.1, 0.15) is 10.8 Å². The van der Waals surface area contributed by atoms with Crippen molar-refractivity contribution in [2.75, 3.05) is 24.3 Å². The van der Waals surface area contributed by atoms with E-state index >= 15 is 0 Å². The monoisotopic (exact) mass is 497 g/mol. The largest absolute Gasteiger partial charge is 0.377 e. The van der Waals surface area contributed by atoms with Crippen LogP contribution in [0.3, 0.4) is 0 Å². The molecule has 184 valence electrons. The number of amides is 1. The van der Waals surface area contributed by atoms with E-state index in [9.17, 15) is 4.79 Å². The lowest BCUT2D eigenvalue weighted by Gasteiger charge is -2.30. The Labute approximate surface area is 216 Å². The summed E-state index contributed by atoms with van der Waals surface area (Å²) in [6.45, 7) is 0. The van der Waals surface area contributed by atoms with Crippen LogP contribution in [0.2, 0.25) is 0 Å². The van der Waals surface area contributed by atoms with Crippen LogP contribution >= 0.6 is 11.8 Å². The maximum absolute atomic E-state index is 13.1. The third-order valence-electron chi connectivity index (χ3n) is 6.56. The van der Waals surface area contributed by atoms with Gasteiger partial charge < -0.3 is 15.5 Å². The van der Waals surface area contributed by atoms with Crippen LogP contribution in [-0.4, -0.2) is 42.1 Å². The van der Waals surface area contributed by atoms with E-state index in [0.717, 1.165) is 58.0 Å². The molecule has 0 spiro atoms. The minimum absolute atomic E-state index is 0.0511. The summed E-state index contributed by atoms with van der Waals surface area (Å²) in [6.07, 6.45) is 5.56. The number of aromatic nitrogens is 2. The average Bonchev–Trinajstić information content (AvgIpc) is 2.90. The van der Waals surface area contributed by atoms with Gasteiger partial charge in [0.25, 0.3) is 5.91 Å². The number of hydrogen-bond donors (Lipinski definition) is 2. The first-order chi connectivity index (χ1) is 17.6. The smallest absolute Gasteiger partial charge is 0.254 e. The molecule has 1 amide bonds. The van der Waals surface area contributed by atoms with E-state index in [4.69, 9.17) is 4.98 Å². The summed E-state index contributed by atoms with van der Waals surface area (Å²) in [5.74, 6) is 0.854. The van der Waals surface area contributed by atoms with Gasteiger partial charge in [-0.1, -0.05) is 48.2 Å². The van der Waals surface area contributed by atoms with Crippen molar-refractivity contribution in [3.63, 3.8) is 0 Å². The molecule has 1 saturated carbocycles. The summed E-state index contributed by atoms with van der Waals surface area (Å²) in [6, 6.07) is 24.6. The Bertz CT molecular complexity index is 1340. The Morgan fingerprint density at radius 3 is 2.42 bits per heavy atom. The molecular formula is C29H31N5OS. The molecule has 0 saturated heterocycles. The van der Waals surface area contributed by atoms with Crippen LogP contribution in [0.5, 0.6) is 0 Å². The van der Waals surface area contributed by atoms with Crippen LogP contribution in [0.25, 0.3) is 10.9 Å². The highest BCUT2D eigenvalue weighted by Gasteiger charge is 2.24. The van der Waals surface area contributed by atoms with Crippen molar-refractivity contribution in [3.8, 4) is 0 Å². The number of carbonyl (C=O) groups is 1. The topological polar surface area (TPSA) is 70.2 Å². The lowest BCUT2D eigenvalue weighted by atomic mass is 9.91. The van der Waals surface area contributed by atoms with Crippen LogP contribution < -0.4 is 15.5 Å². The molecule has 0 bridgehead atoms. The second-order valence-electron chi connectivity index (χ2n) is 9.38. The van der Waals surface area contributed by atoms with E-state index in [2.05, 4.69) is 58.9 Å². The van der Waals surface area contributed by atoms with Crippen LogP contribution in [0.4, 0.5) is 11.5 Å². The second-order valence-corrected chi connectivity index (χ2v) is 10.4. The third-order valence-corrected chi connectivity index (χ3v) is 7.59. The van der Waals surface area contributed by atoms with Crippen molar-refractivity contribution in [1.29, 1.82) is 0 Å². The first-order valence-electron chi connectivity index (χ1n) is 12.4. The molecule has 0 aliphatic heterocycles. The Hall–Kier alpha value is -3.58. The number of carbonyl (C=O) groups excluding carboxylic acids is 1. The van der Waals surface area contributed by atoms with Gasteiger partial charge in [-0.2, -0.15) is 0 Å². The van der Waals surface area contributed by atoms with Crippen LogP contribution in [0, 0.1) is 0 Å². The van der Waals surface area contributed by atoms with E-state index in [1.807, 2.05) is 48.5 Å². The van der Waals surface area contributed by atoms with Crippen molar-refractivity contribution in [2.24, 2.45) is 0 Å². The first kappa shape index (κ1) is 24.1. The molecule has 7 heteroatoms. The number of anilines is 2. The zero-order chi connectivity index (χ0) is 24.9. The van der Waals surface area contributed by atoms with E-state index in [0.29, 0.717) is 11.6 Å². The molecule has 6 nitrogen and oxygen atoms in total. The highest BCUT2D eigenvalue weighted by atomic mass is 32.2. The van der Waals surface area contributed by atoms with Gasteiger partial charge in [-0.15, -0.1) is 0 Å². The van der Waals surface area contributed by atoms with Crippen LogP contribution in [-0.2, 0) is 0 Å². The number of benzene rings is 2. The molecular weight excluding hydrogens is 466 g/mol. The fourth-order valence-corrected chi connectivity index (χ4v) is 5.60. The molecule has 2 N–H and O–H groups in total. The van der Waals surface area contributed by atoms with Crippen molar-refractivity contribution < 1.29 is 4.79 Å². The molecule has 2 aromatic heterocycles. The minimum Gasteiger partial charge on any atom is -0.377 e. The Kier molecular flexibility index (Phi) is 7.37. The van der Waals surface area contributed by atoms with Gasteiger partial charge in [0.2, 0.25) is 0 Å². The van der Waals surface area contributed by atoms with Gasteiger partial charge in [-0.25, -0.2) is 9.97 Å². The van der Waals surface area contributed by atoms with Gasteiger partial charge in [0.05, 0.1) is 11.1 Å². The number of para-hydroxylation sites is 1. The summed E-state index contributed by atoms with van der Waals surface area (Å²) in [5.41, 5.74) is 2.78. The summed E-state index contributed by atoms with van der Waals surface area (Å²) in [4.78, 5) is 25.6. The molecule has 1 fully saturated rings. The van der Waals surface area contributed by atoms with Gasteiger partial charge in [-0.05, 0) is 56.0 Å². The summed E-state index contributed by atoms with van der Waals surface area (Å²) in [5, 5.41) is 8.78. The summed E-state index contributed by atoms with van der Waals surface area (Å²) < 4.78 is 0. The molecule has 0 unspecified atom stereocenters. The van der Waals surface area contributed by atoms with Gasteiger partial charge in [0.15, 0.2) is 0 Å². The predicted molar refractivity (Wildman–Crippen MR) is 148 cm³/mol. The first-order valence-corrected chi connectivity index (χ1v) is 13.2. The number of nitrogens with zero attached hydrogens (tertiary/aromatic N) is 3. The maximum Gasteiger partial charge on any atom is 0.254 e. The molecule has 4 aromatic rings. The lowest BCUT2D eigenvalue weighted by Crippen LogP contribution is -2.40. The minimum atomic E-state index is -0.0511. The highest BCUT2D eigenvalue weighted by Crippen LogP contribution is 2.30. The SMILES string of the molecule is CN(C)c1cc(NC2CCC(NC(=O)c3cccnc3Sc3ccccc3)CC2)nc2ccccc12. The van der Waals surface area contributed by atoms with E-state index < -0.39 is 0 Å². The van der Waals surface area contributed by atoms with Gasteiger partial charge in [-0.3, -0.25) is 4.79 Å². The predicted octanol–water partition coefficient (Wildman–Crippen LogP) is 6.00. The zero-order valence-corrected chi connectivity index (χ0v) is 21.5. The molecule has 5 rings (SSSR count). The van der Waals surface area contributed by atoms with E-state index in [-0.39, 0.29) is 11.9 Å². The van der Waals surface area contributed by atoms with Gasteiger partial charge >= 0.3 is 0 Å². The number of nitrogens with one attached hydrogen (secondary N) is 2. The second kappa shape index (κ2) is 11.0. The van der Waals surface area contributed by atoms with Crippen molar-refractivity contribution in [3.05, 3.63) is 84.6 Å². The van der Waals surface area contributed by atoms with Crippen LogP contribution in [0.1, 0.15) is 36.0 Å². The van der Waals surface area contributed by atoms with E-state index in [1.165, 1.54) is 11.8 Å². The van der Waals surface area contributed by atoms with Crippen molar-refractivity contribution in [1.82, 2.24) is 15.3 Å². The Morgan fingerprint density at radius 1 is 0.917 bits per heavy atom. The Balaban J connectivity index is 1.20. The summed E-state index contributed by atoms with van der Waals surface area (Å²) in [7, 11) is 4.12. The number of fused-ring (bicyclic) bond motifs is 1. The molecule has 36 heavy (non-hydrogen) atoms. The van der Waals surface area contributed by atoms with Gasteiger partial charge in [0, 0.05) is 54.4 Å². The normalized spacial score (nSPS) is 17.5. The van der Waals surface area contributed by atoms with Crippen molar-refractivity contribution in [2.45, 2.75) is 47.7 Å². The fourth-order valence-electron chi connectivity index (χ4n) is 4.70. The summed E-state index contributed by atoms with van der Waals surface area (Å²) >= 11 is 1.52. The third kappa shape index (κ3) is 5.62. The molecule has 1 aliphatic carbocycles. The zero-order valence-electron chi connectivity index (χ0n) is 20.6. The number of hydrogen-bond acceptors (Lipinski definition) is 6. The quantitative estimate of drug-likeness (QED) is 0.326. The molecule has 2 aromatic carbocycles. The Morgan fingerprint density at radius 2 is 1.64 bits per heavy atom. The maximum atomic E-state index is 13.1. The number of pyridine rings is 2. The molecule has 0 atom stereocenters.